The van der Waals surface area contributed by atoms with E-state index in [1.165, 1.54) is 32.2 Å². The number of benzene rings is 2. The molecular weight excluding hydrogens is 429 g/mol. The van der Waals surface area contributed by atoms with Crippen molar-refractivity contribution in [3.05, 3.63) is 52.0 Å². The Kier molecular flexibility index (Phi) is 6.92. The van der Waals surface area contributed by atoms with E-state index >= 15 is 0 Å². The number of rotatable bonds is 6. The van der Waals surface area contributed by atoms with Crippen LogP contribution in [0.15, 0.2) is 41.3 Å². The molecule has 0 unspecified atom stereocenters. The molecule has 0 aliphatic carbocycles. The Balaban J connectivity index is 2.16. The summed E-state index contributed by atoms with van der Waals surface area (Å²) in [6, 6.07) is 8.30. The number of sulfone groups is 1. The van der Waals surface area contributed by atoms with Crippen molar-refractivity contribution < 1.29 is 27.5 Å². The van der Waals surface area contributed by atoms with Gasteiger partial charge in [0.2, 0.25) is 0 Å². The lowest BCUT2D eigenvalue weighted by molar-refractivity contribution is -0.123. The Morgan fingerprint density at radius 3 is 2.39 bits per heavy atom. The molecule has 150 valence electrons. The number of methoxy groups -OCH3 is 1. The number of hydrogen-bond donors (Lipinski definition) is 1. The van der Waals surface area contributed by atoms with Crippen LogP contribution in [0.3, 0.4) is 0 Å². The number of hydrogen-bond acceptors (Lipinski definition) is 6. The van der Waals surface area contributed by atoms with Crippen LogP contribution in [0, 0.1) is 0 Å². The second-order valence-electron chi connectivity index (χ2n) is 5.80. The minimum atomic E-state index is -3.54. The molecule has 2 aromatic rings. The lowest BCUT2D eigenvalue weighted by atomic mass is 10.2. The van der Waals surface area contributed by atoms with Gasteiger partial charge in [0.1, 0.15) is 5.75 Å². The van der Waals surface area contributed by atoms with Gasteiger partial charge in [-0.05, 0) is 43.3 Å². The summed E-state index contributed by atoms with van der Waals surface area (Å²) in [5, 5.41) is 2.94. The van der Waals surface area contributed by atoms with E-state index in [1.54, 1.807) is 12.1 Å². The third-order valence-corrected chi connectivity index (χ3v) is 5.33. The fourth-order valence-corrected chi connectivity index (χ4v) is 3.20. The largest absolute Gasteiger partial charge is 0.495 e. The Labute approximate surface area is 172 Å². The van der Waals surface area contributed by atoms with Crippen molar-refractivity contribution in [3.8, 4) is 5.75 Å². The molecule has 1 amide bonds. The van der Waals surface area contributed by atoms with E-state index in [0.717, 1.165) is 12.3 Å². The zero-order chi connectivity index (χ0) is 21.1. The predicted molar refractivity (Wildman–Crippen MR) is 106 cm³/mol. The Morgan fingerprint density at radius 2 is 1.79 bits per heavy atom. The zero-order valence-corrected chi connectivity index (χ0v) is 17.5. The van der Waals surface area contributed by atoms with Crippen molar-refractivity contribution in [3.63, 3.8) is 0 Å². The number of halogens is 2. The Bertz CT molecular complexity index is 1020. The number of nitrogens with one attached hydrogen (secondary N) is 1. The summed E-state index contributed by atoms with van der Waals surface area (Å²) in [5.74, 6) is -1.19. The van der Waals surface area contributed by atoms with Gasteiger partial charge >= 0.3 is 5.97 Å². The summed E-state index contributed by atoms with van der Waals surface area (Å²) in [4.78, 5) is 24.6. The molecule has 0 bridgehead atoms. The summed E-state index contributed by atoms with van der Waals surface area (Å²) in [5.41, 5.74) is 0.143. The van der Waals surface area contributed by atoms with Crippen LogP contribution in [-0.4, -0.2) is 39.8 Å². The van der Waals surface area contributed by atoms with Gasteiger partial charge < -0.3 is 14.8 Å². The van der Waals surface area contributed by atoms with Gasteiger partial charge in [0.15, 0.2) is 15.9 Å². The number of anilines is 1. The van der Waals surface area contributed by atoms with Gasteiger partial charge in [-0.1, -0.05) is 23.2 Å². The van der Waals surface area contributed by atoms with Gasteiger partial charge in [-0.15, -0.1) is 0 Å². The van der Waals surface area contributed by atoms with E-state index in [1.807, 2.05) is 0 Å². The van der Waals surface area contributed by atoms with E-state index in [4.69, 9.17) is 32.7 Å². The molecule has 0 aliphatic rings. The second-order valence-corrected chi connectivity index (χ2v) is 8.65. The summed E-state index contributed by atoms with van der Waals surface area (Å²) in [6.07, 6.45) is -0.200. The predicted octanol–water partition coefficient (Wildman–Crippen LogP) is 3.59. The molecule has 2 aromatic carbocycles. The highest BCUT2D eigenvalue weighted by molar-refractivity contribution is 7.90. The van der Waals surface area contributed by atoms with Crippen LogP contribution < -0.4 is 10.1 Å². The number of esters is 1. The molecule has 0 fully saturated rings. The molecule has 0 spiro atoms. The lowest BCUT2D eigenvalue weighted by Gasteiger charge is -2.16. The molecule has 0 aliphatic heterocycles. The molecule has 0 aromatic heterocycles. The first-order chi connectivity index (χ1) is 13.0. The molecule has 7 nitrogen and oxygen atoms in total. The van der Waals surface area contributed by atoms with Gasteiger partial charge in [-0.3, -0.25) is 4.79 Å². The van der Waals surface area contributed by atoms with Crippen molar-refractivity contribution in [1.29, 1.82) is 0 Å². The summed E-state index contributed by atoms with van der Waals surface area (Å²) < 4.78 is 33.6. The molecule has 10 heteroatoms. The van der Waals surface area contributed by atoms with Crippen LogP contribution in [0.4, 0.5) is 5.69 Å². The van der Waals surface area contributed by atoms with Crippen molar-refractivity contribution in [2.45, 2.75) is 17.9 Å². The van der Waals surface area contributed by atoms with Crippen LogP contribution >= 0.6 is 23.2 Å². The highest BCUT2D eigenvalue weighted by Crippen LogP contribution is 2.28. The summed E-state index contributed by atoms with van der Waals surface area (Å²) in [7, 11) is -2.12. The number of amides is 1. The van der Waals surface area contributed by atoms with Crippen molar-refractivity contribution in [2.75, 3.05) is 18.7 Å². The molecule has 1 atom stereocenters. The van der Waals surface area contributed by atoms with Crippen LogP contribution in [0.2, 0.25) is 10.0 Å². The quantitative estimate of drug-likeness (QED) is 0.681. The van der Waals surface area contributed by atoms with Gasteiger partial charge in [-0.2, -0.15) is 0 Å². The van der Waals surface area contributed by atoms with Crippen molar-refractivity contribution in [2.24, 2.45) is 0 Å². The molecular formula is C18H17Cl2NO6S. The van der Waals surface area contributed by atoms with Crippen molar-refractivity contribution >= 4 is 50.6 Å². The first-order valence-corrected chi connectivity index (χ1v) is 10.5. The maximum atomic E-state index is 12.4. The number of ether oxygens (including phenoxy) is 2. The standard InChI is InChI=1S/C18H17Cl2NO6S/c1-10(17(22)21-15-8-11(19)4-7-16(15)26-2)27-18(23)13-9-12(28(3,24)25)5-6-14(13)20/h4-10H,1-3H3,(H,21,22)/t10-/m1/s1. The minimum absolute atomic E-state index is 0.00141. The zero-order valence-electron chi connectivity index (χ0n) is 15.2. The van der Waals surface area contributed by atoms with E-state index in [0.29, 0.717) is 16.5 Å². The second kappa shape index (κ2) is 8.81. The van der Waals surface area contributed by atoms with Gasteiger partial charge in [0, 0.05) is 11.3 Å². The highest BCUT2D eigenvalue weighted by atomic mass is 35.5. The molecule has 28 heavy (non-hydrogen) atoms. The fourth-order valence-electron chi connectivity index (χ4n) is 2.18. The first kappa shape index (κ1) is 22.0. The van der Waals surface area contributed by atoms with E-state index in [2.05, 4.69) is 5.32 Å². The number of carbonyl (C=O) groups excluding carboxylic acids is 2. The van der Waals surface area contributed by atoms with Gasteiger partial charge in [-0.25, -0.2) is 13.2 Å². The molecule has 0 saturated heterocycles. The highest BCUT2D eigenvalue weighted by Gasteiger charge is 2.23. The normalized spacial score (nSPS) is 12.2. The van der Waals surface area contributed by atoms with Gasteiger partial charge in [0.25, 0.3) is 5.91 Å². The Hall–Kier alpha value is -2.29. The van der Waals surface area contributed by atoms with Crippen LogP contribution in [0.25, 0.3) is 0 Å². The SMILES string of the molecule is COc1ccc(Cl)cc1NC(=O)[C@@H](C)OC(=O)c1cc(S(C)(=O)=O)ccc1Cl. The van der Waals surface area contributed by atoms with E-state index < -0.39 is 27.8 Å². The van der Waals surface area contributed by atoms with Crippen LogP contribution in [0.1, 0.15) is 17.3 Å². The lowest BCUT2D eigenvalue weighted by Crippen LogP contribution is -2.30. The first-order valence-electron chi connectivity index (χ1n) is 7.88. The summed E-state index contributed by atoms with van der Waals surface area (Å²) >= 11 is 11.9. The molecule has 0 heterocycles. The third-order valence-electron chi connectivity index (χ3n) is 3.66. The topological polar surface area (TPSA) is 98.8 Å². The Morgan fingerprint density at radius 1 is 1.11 bits per heavy atom. The van der Waals surface area contributed by atoms with Crippen molar-refractivity contribution in [1.82, 2.24) is 0 Å². The monoisotopic (exact) mass is 445 g/mol. The maximum absolute atomic E-state index is 12.4. The minimum Gasteiger partial charge on any atom is -0.495 e. The van der Waals surface area contributed by atoms with Gasteiger partial charge in [0.05, 0.1) is 28.3 Å². The molecule has 1 N–H and O–H groups in total. The van der Waals surface area contributed by atoms with E-state index in [-0.39, 0.29) is 15.5 Å². The average molecular weight is 446 g/mol. The van der Waals surface area contributed by atoms with Crippen LogP contribution in [0.5, 0.6) is 5.75 Å². The van der Waals surface area contributed by atoms with Crippen LogP contribution in [-0.2, 0) is 19.4 Å². The molecule has 0 radical (unpaired) electrons. The average Bonchev–Trinajstić information content (AvgIpc) is 2.61. The maximum Gasteiger partial charge on any atom is 0.340 e. The fraction of sp³-hybridized carbons (Fsp3) is 0.222. The molecule has 2 rings (SSSR count). The smallest absolute Gasteiger partial charge is 0.340 e. The summed E-state index contributed by atoms with van der Waals surface area (Å²) in [6.45, 7) is 1.36. The molecule has 0 saturated carbocycles. The number of carbonyl (C=O) groups is 2. The third kappa shape index (κ3) is 5.37. The van der Waals surface area contributed by atoms with E-state index in [9.17, 15) is 18.0 Å².